The molecule has 4 N–H and O–H groups in total. The van der Waals surface area contributed by atoms with E-state index in [2.05, 4.69) is 15.9 Å². The Morgan fingerprint density at radius 1 is 1.54 bits per heavy atom. The van der Waals surface area contributed by atoms with E-state index < -0.39 is 0 Å². The van der Waals surface area contributed by atoms with Gasteiger partial charge >= 0.3 is 0 Å². The summed E-state index contributed by atoms with van der Waals surface area (Å²) in [4.78, 5) is 0. The van der Waals surface area contributed by atoms with Crippen LogP contribution in [0.5, 0.6) is 0 Å². The molecule has 0 amide bonds. The highest BCUT2D eigenvalue weighted by Crippen LogP contribution is 2.24. The molecule has 0 aliphatic carbocycles. The SMILES string of the molecule is N#CC[C@H](N)c1cc(Br)ccc1N. The molecule has 1 aromatic carbocycles. The van der Waals surface area contributed by atoms with Crippen molar-refractivity contribution in [3.05, 3.63) is 28.2 Å². The number of nitrogens with zero attached hydrogens (tertiary/aromatic N) is 1. The van der Waals surface area contributed by atoms with Crippen LogP contribution in [0.1, 0.15) is 18.0 Å². The van der Waals surface area contributed by atoms with Gasteiger partial charge in [-0.15, -0.1) is 0 Å². The number of anilines is 1. The second-order valence-electron chi connectivity index (χ2n) is 2.74. The van der Waals surface area contributed by atoms with E-state index in [9.17, 15) is 0 Å². The Hall–Kier alpha value is -1.05. The van der Waals surface area contributed by atoms with Crippen molar-refractivity contribution >= 4 is 21.6 Å². The molecule has 0 bridgehead atoms. The highest BCUT2D eigenvalue weighted by atomic mass is 79.9. The van der Waals surface area contributed by atoms with Crippen molar-refractivity contribution in [2.45, 2.75) is 12.5 Å². The van der Waals surface area contributed by atoms with Crippen LogP contribution in [0.3, 0.4) is 0 Å². The van der Waals surface area contributed by atoms with E-state index in [-0.39, 0.29) is 12.5 Å². The van der Waals surface area contributed by atoms with Gasteiger partial charge in [-0.25, -0.2) is 0 Å². The van der Waals surface area contributed by atoms with Crippen LogP contribution >= 0.6 is 15.9 Å². The summed E-state index contributed by atoms with van der Waals surface area (Å²) >= 11 is 3.32. The molecular formula is C9H10BrN3. The van der Waals surface area contributed by atoms with E-state index >= 15 is 0 Å². The Labute approximate surface area is 85.5 Å². The molecule has 1 rings (SSSR count). The fourth-order valence-electron chi connectivity index (χ4n) is 1.08. The van der Waals surface area contributed by atoms with Gasteiger partial charge in [-0.05, 0) is 23.8 Å². The molecule has 4 heteroatoms. The number of rotatable bonds is 2. The van der Waals surface area contributed by atoms with Gasteiger partial charge in [0.05, 0.1) is 12.5 Å². The van der Waals surface area contributed by atoms with E-state index in [1.165, 1.54) is 0 Å². The van der Waals surface area contributed by atoms with Crippen LogP contribution in [0.4, 0.5) is 5.69 Å². The molecule has 0 aromatic heterocycles. The third-order valence-corrected chi connectivity index (χ3v) is 2.25. The first-order valence-electron chi connectivity index (χ1n) is 3.82. The molecule has 0 aliphatic heterocycles. The van der Waals surface area contributed by atoms with Gasteiger partial charge in [0, 0.05) is 16.2 Å². The summed E-state index contributed by atoms with van der Waals surface area (Å²) in [5, 5.41) is 8.48. The summed E-state index contributed by atoms with van der Waals surface area (Å²) in [5.41, 5.74) is 12.9. The number of nitriles is 1. The van der Waals surface area contributed by atoms with Crippen LogP contribution in [0.25, 0.3) is 0 Å². The second kappa shape index (κ2) is 4.26. The van der Waals surface area contributed by atoms with Crippen molar-refractivity contribution in [1.82, 2.24) is 0 Å². The summed E-state index contributed by atoms with van der Waals surface area (Å²) in [5.74, 6) is 0. The quantitative estimate of drug-likeness (QED) is 0.775. The number of halogens is 1. The predicted molar refractivity (Wildman–Crippen MR) is 55.7 cm³/mol. The maximum absolute atomic E-state index is 8.48. The number of hydrogen-bond donors (Lipinski definition) is 2. The lowest BCUT2D eigenvalue weighted by atomic mass is 10.0. The van der Waals surface area contributed by atoms with E-state index in [1.807, 2.05) is 18.2 Å². The molecular weight excluding hydrogens is 230 g/mol. The van der Waals surface area contributed by atoms with Gasteiger partial charge in [0.2, 0.25) is 0 Å². The fourth-order valence-corrected chi connectivity index (χ4v) is 1.45. The topological polar surface area (TPSA) is 75.8 Å². The summed E-state index contributed by atoms with van der Waals surface area (Å²) in [6.45, 7) is 0. The van der Waals surface area contributed by atoms with Crippen molar-refractivity contribution in [2.24, 2.45) is 5.73 Å². The minimum absolute atomic E-state index is 0.278. The second-order valence-corrected chi connectivity index (χ2v) is 3.66. The molecule has 68 valence electrons. The first kappa shape index (κ1) is 10.0. The third-order valence-electron chi connectivity index (χ3n) is 1.76. The van der Waals surface area contributed by atoms with Crippen molar-refractivity contribution in [3.8, 4) is 6.07 Å². The molecule has 0 aliphatic rings. The van der Waals surface area contributed by atoms with Gasteiger partial charge in [-0.3, -0.25) is 0 Å². The minimum Gasteiger partial charge on any atom is -0.398 e. The zero-order valence-corrected chi connectivity index (χ0v) is 8.58. The molecule has 1 aromatic rings. The van der Waals surface area contributed by atoms with Crippen molar-refractivity contribution in [2.75, 3.05) is 5.73 Å². The van der Waals surface area contributed by atoms with Crippen molar-refractivity contribution in [3.63, 3.8) is 0 Å². The molecule has 13 heavy (non-hydrogen) atoms. The van der Waals surface area contributed by atoms with Crippen molar-refractivity contribution in [1.29, 1.82) is 5.26 Å². The molecule has 0 fully saturated rings. The van der Waals surface area contributed by atoms with Crippen LogP contribution in [0.2, 0.25) is 0 Å². The zero-order valence-electron chi connectivity index (χ0n) is 7.00. The van der Waals surface area contributed by atoms with Crippen LogP contribution in [-0.2, 0) is 0 Å². The summed E-state index contributed by atoms with van der Waals surface area (Å²) in [6, 6.07) is 7.18. The third kappa shape index (κ3) is 2.44. The molecule has 3 nitrogen and oxygen atoms in total. The number of hydrogen-bond acceptors (Lipinski definition) is 3. The monoisotopic (exact) mass is 239 g/mol. The first-order valence-corrected chi connectivity index (χ1v) is 4.62. The highest BCUT2D eigenvalue weighted by molar-refractivity contribution is 9.10. The van der Waals surface area contributed by atoms with Gasteiger partial charge in [0.15, 0.2) is 0 Å². The Bertz CT molecular complexity index is 343. The average molecular weight is 240 g/mol. The molecule has 0 spiro atoms. The summed E-state index contributed by atoms with van der Waals surface area (Å²) in [6.07, 6.45) is 0.278. The summed E-state index contributed by atoms with van der Waals surface area (Å²) < 4.78 is 0.921. The van der Waals surface area contributed by atoms with E-state index in [4.69, 9.17) is 16.7 Å². The van der Waals surface area contributed by atoms with Gasteiger partial charge in [0.25, 0.3) is 0 Å². The lowest BCUT2D eigenvalue weighted by Crippen LogP contribution is -2.11. The number of nitrogen functional groups attached to an aromatic ring is 1. The maximum atomic E-state index is 8.48. The van der Waals surface area contributed by atoms with E-state index in [1.54, 1.807) is 6.07 Å². The molecule has 0 unspecified atom stereocenters. The van der Waals surface area contributed by atoms with E-state index in [0.717, 1.165) is 10.0 Å². The normalized spacial score (nSPS) is 12.1. The predicted octanol–water partition coefficient (Wildman–Crippen LogP) is 1.94. The molecule has 0 radical (unpaired) electrons. The Balaban J connectivity index is 3.00. The number of benzene rings is 1. The average Bonchev–Trinajstić information content (AvgIpc) is 2.09. The summed E-state index contributed by atoms with van der Waals surface area (Å²) in [7, 11) is 0. The molecule has 0 heterocycles. The van der Waals surface area contributed by atoms with Gasteiger partial charge in [0.1, 0.15) is 0 Å². The Kier molecular flexibility index (Phi) is 3.29. The largest absolute Gasteiger partial charge is 0.398 e. The van der Waals surface area contributed by atoms with Crippen LogP contribution < -0.4 is 11.5 Å². The lowest BCUT2D eigenvalue weighted by Gasteiger charge is -2.11. The molecule has 0 saturated carbocycles. The molecule has 0 saturated heterocycles. The lowest BCUT2D eigenvalue weighted by molar-refractivity contribution is 0.750. The van der Waals surface area contributed by atoms with Crippen LogP contribution in [0.15, 0.2) is 22.7 Å². The van der Waals surface area contributed by atoms with E-state index in [0.29, 0.717) is 5.69 Å². The Morgan fingerprint density at radius 2 is 2.23 bits per heavy atom. The van der Waals surface area contributed by atoms with Gasteiger partial charge < -0.3 is 11.5 Å². The minimum atomic E-state index is -0.303. The standard InChI is InChI=1S/C9H10BrN3/c10-6-1-2-8(12)7(5-6)9(13)3-4-11/h1-2,5,9H,3,12-13H2/t9-/m0/s1. The molecule has 1 atom stereocenters. The van der Waals surface area contributed by atoms with Gasteiger partial charge in [-0.1, -0.05) is 15.9 Å². The van der Waals surface area contributed by atoms with Gasteiger partial charge in [-0.2, -0.15) is 5.26 Å². The first-order chi connectivity index (χ1) is 6.15. The van der Waals surface area contributed by atoms with Crippen molar-refractivity contribution < 1.29 is 0 Å². The van der Waals surface area contributed by atoms with Crippen LogP contribution in [0, 0.1) is 11.3 Å². The van der Waals surface area contributed by atoms with Crippen LogP contribution in [-0.4, -0.2) is 0 Å². The fraction of sp³-hybridized carbons (Fsp3) is 0.222. The smallest absolute Gasteiger partial charge is 0.0641 e. The zero-order chi connectivity index (χ0) is 9.84. The number of nitrogens with two attached hydrogens (primary N) is 2. The maximum Gasteiger partial charge on any atom is 0.0641 e. The highest BCUT2D eigenvalue weighted by Gasteiger charge is 2.08. The Morgan fingerprint density at radius 3 is 2.85 bits per heavy atom.